The van der Waals surface area contributed by atoms with E-state index in [4.69, 9.17) is 4.74 Å². The molecule has 5 nitrogen and oxygen atoms in total. The molecule has 1 aromatic heterocycles. The molecule has 104 valence electrons. The van der Waals surface area contributed by atoms with Crippen LogP contribution in [-0.4, -0.2) is 22.5 Å². The maximum atomic E-state index is 13.5. The molecule has 6 heteroatoms. The second-order valence-corrected chi connectivity index (χ2v) is 4.06. The lowest BCUT2D eigenvalue weighted by molar-refractivity contribution is 0.0523. The van der Waals surface area contributed by atoms with Crippen molar-refractivity contribution in [3.63, 3.8) is 0 Å². The van der Waals surface area contributed by atoms with Crippen LogP contribution in [0, 0.1) is 5.82 Å². The third-order valence-electron chi connectivity index (χ3n) is 2.66. The van der Waals surface area contributed by atoms with Gasteiger partial charge in [0.15, 0.2) is 0 Å². The van der Waals surface area contributed by atoms with E-state index in [1.807, 2.05) is 0 Å². The predicted molar refractivity (Wildman–Crippen MR) is 70.0 cm³/mol. The highest BCUT2D eigenvalue weighted by Crippen LogP contribution is 2.09. The zero-order valence-electron chi connectivity index (χ0n) is 10.9. The minimum absolute atomic E-state index is 0.144. The van der Waals surface area contributed by atoms with E-state index in [9.17, 15) is 14.0 Å². The quantitative estimate of drug-likeness (QED) is 0.862. The normalized spacial score (nSPS) is 10.3. The summed E-state index contributed by atoms with van der Waals surface area (Å²) in [6.45, 7) is 1.82. The summed E-state index contributed by atoms with van der Waals surface area (Å²) in [7, 11) is 0. The van der Waals surface area contributed by atoms with E-state index < -0.39 is 11.5 Å². The van der Waals surface area contributed by atoms with Gasteiger partial charge in [-0.25, -0.2) is 14.2 Å². The molecule has 1 heterocycles. The fourth-order valence-electron chi connectivity index (χ4n) is 1.70. The molecular formula is C14H13FN2O3. The number of aromatic amines is 1. The number of carbonyl (C=O) groups is 1. The number of ether oxygens (including phenoxy) is 1. The van der Waals surface area contributed by atoms with Crippen LogP contribution in [0.15, 0.2) is 35.3 Å². The first-order chi connectivity index (χ1) is 9.61. The standard InChI is InChI=1S/C14H13FN2O3/c1-2-20-14(19)10-8-16-12(17-13(10)18)7-9-5-3-4-6-11(9)15/h3-6,8H,2,7H2,1H3,(H,16,17,18). The Morgan fingerprint density at radius 3 is 2.80 bits per heavy atom. The van der Waals surface area contributed by atoms with Gasteiger partial charge >= 0.3 is 5.97 Å². The Morgan fingerprint density at radius 1 is 1.40 bits per heavy atom. The molecule has 0 saturated carbocycles. The van der Waals surface area contributed by atoms with Gasteiger partial charge in [-0.1, -0.05) is 18.2 Å². The highest BCUT2D eigenvalue weighted by Gasteiger charge is 2.13. The number of esters is 1. The van der Waals surface area contributed by atoms with Crippen molar-refractivity contribution in [1.82, 2.24) is 9.97 Å². The van der Waals surface area contributed by atoms with Crippen LogP contribution in [0.1, 0.15) is 28.7 Å². The summed E-state index contributed by atoms with van der Waals surface area (Å²) >= 11 is 0. The topological polar surface area (TPSA) is 72.0 Å². The second kappa shape index (κ2) is 6.10. The summed E-state index contributed by atoms with van der Waals surface area (Å²) in [5.74, 6) is -0.809. The molecule has 1 N–H and O–H groups in total. The molecule has 0 aliphatic rings. The molecule has 2 aromatic rings. The Morgan fingerprint density at radius 2 is 2.15 bits per heavy atom. The molecule has 0 aliphatic carbocycles. The molecule has 20 heavy (non-hydrogen) atoms. The van der Waals surface area contributed by atoms with Gasteiger partial charge in [0.25, 0.3) is 5.56 Å². The average molecular weight is 276 g/mol. The number of H-pyrrole nitrogens is 1. The minimum Gasteiger partial charge on any atom is -0.462 e. The van der Waals surface area contributed by atoms with Crippen molar-refractivity contribution < 1.29 is 13.9 Å². The van der Waals surface area contributed by atoms with Gasteiger partial charge in [-0.2, -0.15) is 0 Å². The Bertz CT molecular complexity index is 682. The number of nitrogens with one attached hydrogen (secondary N) is 1. The number of hydrogen-bond donors (Lipinski definition) is 1. The molecular weight excluding hydrogens is 263 g/mol. The van der Waals surface area contributed by atoms with Crippen LogP contribution in [0.25, 0.3) is 0 Å². The van der Waals surface area contributed by atoms with E-state index in [-0.39, 0.29) is 30.2 Å². The van der Waals surface area contributed by atoms with E-state index in [0.717, 1.165) is 6.20 Å². The number of benzene rings is 1. The summed E-state index contributed by atoms with van der Waals surface area (Å²) in [5, 5.41) is 0. The Labute approximate surface area is 114 Å². The summed E-state index contributed by atoms with van der Waals surface area (Å²) in [6.07, 6.45) is 1.29. The Kier molecular flexibility index (Phi) is 4.24. The van der Waals surface area contributed by atoms with Gasteiger partial charge in [0, 0.05) is 12.6 Å². The largest absolute Gasteiger partial charge is 0.462 e. The molecule has 0 atom stereocenters. The summed E-state index contributed by atoms with van der Waals surface area (Å²) < 4.78 is 18.2. The monoisotopic (exact) mass is 276 g/mol. The molecule has 2 rings (SSSR count). The molecule has 0 fully saturated rings. The summed E-state index contributed by atoms with van der Waals surface area (Å²) in [6, 6.07) is 6.22. The van der Waals surface area contributed by atoms with Gasteiger partial charge < -0.3 is 9.72 Å². The smallest absolute Gasteiger partial charge is 0.345 e. The van der Waals surface area contributed by atoms with Gasteiger partial charge in [-0.3, -0.25) is 4.79 Å². The zero-order chi connectivity index (χ0) is 14.5. The third-order valence-corrected chi connectivity index (χ3v) is 2.66. The molecule has 0 bridgehead atoms. The number of rotatable bonds is 4. The fourth-order valence-corrected chi connectivity index (χ4v) is 1.70. The minimum atomic E-state index is -0.723. The van der Waals surface area contributed by atoms with Crippen LogP contribution >= 0.6 is 0 Å². The Hall–Kier alpha value is -2.50. The van der Waals surface area contributed by atoms with Gasteiger partial charge in [0.05, 0.1) is 6.61 Å². The average Bonchev–Trinajstić information content (AvgIpc) is 2.42. The molecule has 0 unspecified atom stereocenters. The van der Waals surface area contributed by atoms with Gasteiger partial charge in [0.2, 0.25) is 0 Å². The van der Waals surface area contributed by atoms with Crippen LogP contribution in [0.2, 0.25) is 0 Å². The Balaban J connectivity index is 2.24. The van der Waals surface area contributed by atoms with E-state index in [0.29, 0.717) is 5.56 Å². The number of hydrogen-bond acceptors (Lipinski definition) is 4. The number of aromatic nitrogens is 2. The first-order valence-electron chi connectivity index (χ1n) is 6.10. The van der Waals surface area contributed by atoms with Crippen molar-refractivity contribution >= 4 is 5.97 Å². The van der Waals surface area contributed by atoms with Gasteiger partial charge in [-0.15, -0.1) is 0 Å². The first kappa shape index (κ1) is 13.9. The number of nitrogens with zero attached hydrogens (tertiary/aromatic N) is 1. The molecule has 0 aliphatic heterocycles. The number of carbonyl (C=O) groups excluding carboxylic acids is 1. The van der Waals surface area contributed by atoms with Crippen molar-refractivity contribution in [3.05, 3.63) is 63.6 Å². The van der Waals surface area contributed by atoms with Crippen molar-refractivity contribution in [1.29, 1.82) is 0 Å². The SMILES string of the molecule is CCOC(=O)c1cnc(Cc2ccccc2F)[nH]c1=O. The number of halogens is 1. The van der Waals surface area contributed by atoms with Crippen LogP contribution in [-0.2, 0) is 11.2 Å². The van der Waals surface area contributed by atoms with Crippen LogP contribution in [0.3, 0.4) is 0 Å². The van der Waals surface area contributed by atoms with E-state index in [2.05, 4.69) is 9.97 Å². The maximum Gasteiger partial charge on any atom is 0.345 e. The highest BCUT2D eigenvalue weighted by atomic mass is 19.1. The van der Waals surface area contributed by atoms with Crippen LogP contribution in [0.4, 0.5) is 4.39 Å². The lowest BCUT2D eigenvalue weighted by Crippen LogP contribution is -2.22. The zero-order valence-corrected chi connectivity index (χ0v) is 10.9. The van der Waals surface area contributed by atoms with Gasteiger partial charge in [0.1, 0.15) is 17.2 Å². The first-order valence-corrected chi connectivity index (χ1v) is 6.10. The summed E-state index contributed by atoms with van der Waals surface area (Å²) in [4.78, 5) is 29.6. The lowest BCUT2D eigenvalue weighted by Gasteiger charge is -2.04. The molecule has 0 spiro atoms. The molecule has 0 saturated heterocycles. The molecule has 0 amide bonds. The van der Waals surface area contributed by atoms with Crippen LogP contribution < -0.4 is 5.56 Å². The van der Waals surface area contributed by atoms with Gasteiger partial charge in [-0.05, 0) is 18.6 Å². The van der Waals surface area contributed by atoms with Crippen molar-refractivity contribution in [3.8, 4) is 0 Å². The fraction of sp³-hybridized carbons (Fsp3) is 0.214. The van der Waals surface area contributed by atoms with Crippen molar-refractivity contribution in [2.45, 2.75) is 13.3 Å². The molecule has 0 radical (unpaired) electrons. The van der Waals surface area contributed by atoms with Crippen molar-refractivity contribution in [2.75, 3.05) is 6.61 Å². The lowest BCUT2D eigenvalue weighted by atomic mass is 10.1. The highest BCUT2D eigenvalue weighted by molar-refractivity contribution is 5.88. The molecule has 1 aromatic carbocycles. The van der Waals surface area contributed by atoms with E-state index in [1.165, 1.54) is 6.07 Å². The second-order valence-electron chi connectivity index (χ2n) is 4.06. The third kappa shape index (κ3) is 3.09. The van der Waals surface area contributed by atoms with Crippen LogP contribution in [0.5, 0.6) is 0 Å². The van der Waals surface area contributed by atoms with E-state index in [1.54, 1.807) is 25.1 Å². The van der Waals surface area contributed by atoms with Crippen molar-refractivity contribution in [2.24, 2.45) is 0 Å². The maximum absolute atomic E-state index is 13.5. The van der Waals surface area contributed by atoms with E-state index >= 15 is 0 Å². The predicted octanol–water partition coefficient (Wildman–Crippen LogP) is 1.68. The summed E-state index contributed by atoms with van der Waals surface area (Å²) in [5.41, 5.74) is -0.339.